The van der Waals surface area contributed by atoms with E-state index in [4.69, 9.17) is 18.9 Å². The van der Waals surface area contributed by atoms with Crippen LogP contribution in [-0.2, 0) is 0 Å². The second kappa shape index (κ2) is 10.9. The molecule has 0 heterocycles. The van der Waals surface area contributed by atoms with Gasteiger partial charge in [-0.1, -0.05) is 12.1 Å². The van der Waals surface area contributed by atoms with Crippen molar-refractivity contribution in [3.8, 4) is 28.7 Å². The Morgan fingerprint density at radius 1 is 0.903 bits per heavy atom. The zero-order valence-corrected chi connectivity index (χ0v) is 19.8. The summed E-state index contributed by atoms with van der Waals surface area (Å²) in [4.78, 5) is 12.8. The van der Waals surface area contributed by atoms with Crippen LogP contribution in [0.25, 0.3) is 0 Å². The number of nitrogens with one attached hydrogen (secondary N) is 1. The van der Waals surface area contributed by atoms with Crippen LogP contribution in [0.4, 0.5) is 5.69 Å². The first kappa shape index (κ1) is 22.7. The summed E-state index contributed by atoms with van der Waals surface area (Å²) < 4.78 is 23.3. The van der Waals surface area contributed by atoms with Crippen LogP contribution in [0.3, 0.4) is 0 Å². The van der Waals surface area contributed by atoms with E-state index in [0.29, 0.717) is 53.2 Å². The van der Waals surface area contributed by atoms with Crippen LogP contribution in [0, 0.1) is 3.57 Å². The first-order valence-corrected chi connectivity index (χ1v) is 10.9. The van der Waals surface area contributed by atoms with Crippen LogP contribution in [0.5, 0.6) is 28.7 Å². The lowest BCUT2D eigenvalue weighted by Gasteiger charge is -2.15. The molecule has 0 atom stereocenters. The van der Waals surface area contributed by atoms with Crippen molar-refractivity contribution in [2.75, 3.05) is 25.6 Å². The Morgan fingerprint density at radius 3 is 2.23 bits per heavy atom. The largest absolute Gasteiger partial charge is 0.493 e. The number of methoxy groups -OCH3 is 1. The van der Waals surface area contributed by atoms with Crippen LogP contribution < -0.4 is 24.3 Å². The molecular formula is C24H24INO5. The summed E-state index contributed by atoms with van der Waals surface area (Å²) in [5, 5.41) is 2.90. The van der Waals surface area contributed by atoms with Gasteiger partial charge in [0.2, 0.25) is 0 Å². The Bertz CT molecular complexity index is 1040. The first-order chi connectivity index (χ1) is 15.0. The fraction of sp³-hybridized carbons (Fsp3) is 0.208. The second-order valence-electron chi connectivity index (χ2n) is 6.38. The molecule has 3 aromatic carbocycles. The fourth-order valence-corrected chi connectivity index (χ4v) is 3.64. The molecule has 162 valence electrons. The highest BCUT2D eigenvalue weighted by atomic mass is 127. The molecule has 31 heavy (non-hydrogen) atoms. The minimum atomic E-state index is -0.236. The third-order valence-corrected chi connectivity index (χ3v) is 5.07. The topological polar surface area (TPSA) is 66.0 Å². The highest BCUT2D eigenvalue weighted by Crippen LogP contribution is 2.35. The fourth-order valence-electron chi connectivity index (χ4n) is 2.89. The highest BCUT2D eigenvalue weighted by Gasteiger charge is 2.16. The molecule has 0 aliphatic heterocycles. The van der Waals surface area contributed by atoms with E-state index in [2.05, 4.69) is 27.9 Å². The van der Waals surface area contributed by atoms with Crippen LogP contribution in [0.1, 0.15) is 24.2 Å². The van der Waals surface area contributed by atoms with Crippen molar-refractivity contribution < 1.29 is 23.7 Å². The minimum absolute atomic E-state index is 0.236. The van der Waals surface area contributed by atoms with Gasteiger partial charge in [-0.15, -0.1) is 0 Å². The van der Waals surface area contributed by atoms with Gasteiger partial charge in [0.05, 0.1) is 23.9 Å². The van der Waals surface area contributed by atoms with Gasteiger partial charge in [0.25, 0.3) is 5.91 Å². The number of carbonyl (C=O) groups is 1. The number of amides is 1. The van der Waals surface area contributed by atoms with Crippen molar-refractivity contribution in [1.29, 1.82) is 0 Å². The van der Waals surface area contributed by atoms with Crippen molar-refractivity contribution in [3.05, 3.63) is 69.8 Å². The molecule has 0 aromatic heterocycles. The van der Waals surface area contributed by atoms with Gasteiger partial charge in [0.15, 0.2) is 23.0 Å². The van der Waals surface area contributed by atoms with E-state index in [0.717, 1.165) is 3.57 Å². The van der Waals surface area contributed by atoms with Crippen molar-refractivity contribution in [2.45, 2.75) is 13.8 Å². The second-order valence-corrected chi connectivity index (χ2v) is 7.54. The molecule has 0 unspecified atom stereocenters. The van der Waals surface area contributed by atoms with E-state index in [1.54, 1.807) is 43.5 Å². The van der Waals surface area contributed by atoms with Gasteiger partial charge in [-0.3, -0.25) is 4.79 Å². The smallest absolute Gasteiger partial charge is 0.255 e. The van der Waals surface area contributed by atoms with Crippen LogP contribution in [0.2, 0.25) is 0 Å². The number of ether oxygens (including phenoxy) is 4. The van der Waals surface area contributed by atoms with Gasteiger partial charge in [-0.25, -0.2) is 0 Å². The maximum Gasteiger partial charge on any atom is 0.255 e. The molecule has 0 spiro atoms. The minimum Gasteiger partial charge on any atom is -0.493 e. The van der Waals surface area contributed by atoms with Crippen molar-refractivity contribution in [2.24, 2.45) is 0 Å². The molecule has 3 aromatic rings. The monoisotopic (exact) mass is 533 g/mol. The van der Waals surface area contributed by atoms with Crippen LogP contribution in [-0.4, -0.2) is 26.2 Å². The average molecular weight is 533 g/mol. The molecule has 7 heteroatoms. The number of para-hydroxylation sites is 2. The Labute approximate surface area is 195 Å². The Kier molecular flexibility index (Phi) is 8.00. The molecule has 1 amide bonds. The standard InChI is InChI=1S/C24H24INO5/c1-4-29-22-15-16(14-19(25)23(22)30-5-2)24(27)26-17-10-12-18(13-11-17)31-21-9-7-6-8-20(21)28-3/h6-15H,4-5H2,1-3H3,(H,26,27). The lowest BCUT2D eigenvalue weighted by molar-refractivity contribution is 0.102. The van der Waals surface area contributed by atoms with E-state index >= 15 is 0 Å². The molecule has 1 N–H and O–H groups in total. The van der Waals surface area contributed by atoms with Gasteiger partial charge >= 0.3 is 0 Å². The third kappa shape index (κ3) is 5.81. The van der Waals surface area contributed by atoms with Crippen LogP contribution >= 0.6 is 22.6 Å². The molecule has 0 saturated carbocycles. The normalized spacial score (nSPS) is 10.3. The van der Waals surface area contributed by atoms with Crippen molar-refractivity contribution in [3.63, 3.8) is 0 Å². The van der Waals surface area contributed by atoms with Gasteiger partial charge < -0.3 is 24.3 Å². The summed E-state index contributed by atoms with van der Waals surface area (Å²) in [6.45, 7) is 4.80. The number of carbonyl (C=O) groups excluding carboxylic acids is 1. The summed E-state index contributed by atoms with van der Waals surface area (Å²) in [6, 6.07) is 18.0. The Balaban J connectivity index is 1.73. The molecule has 6 nitrogen and oxygen atoms in total. The summed E-state index contributed by atoms with van der Waals surface area (Å²) >= 11 is 2.15. The lowest BCUT2D eigenvalue weighted by Crippen LogP contribution is -2.13. The number of hydrogen-bond acceptors (Lipinski definition) is 5. The summed E-state index contributed by atoms with van der Waals surface area (Å²) in [7, 11) is 1.60. The predicted octanol–water partition coefficient (Wildman–Crippen LogP) is 6.14. The van der Waals surface area contributed by atoms with Gasteiger partial charge in [0.1, 0.15) is 5.75 Å². The Hall–Kier alpha value is -2.94. The Morgan fingerprint density at radius 2 is 1.58 bits per heavy atom. The van der Waals surface area contributed by atoms with Crippen LogP contribution in [0.15, 0.2) is 60.7 Å². The average Bonchev–Trinajstić information content (AvgIpc) is 2.77. The van der Waals surface area contributed by atoms with Crippen molar-refractivity contribution in [1.82, 2.24) is 0 Å². The van der Waals surface area contributed by atoms with E-state index in [9.17, 15) is 4.79 Å². The van der Waals surface area contributed by atoms with E-state index in [1.807, 2.05) is 38.1 Å². The lowest BCUT2D eigenvalue weighted by atomic mass is 10.1. The molecule has 0 aliphatic carbocycles. The molecule has 0 radical (unpaired) electrons. The van der Waals surface area contributed by atoms with Gasteiger partial charge in [-0.2, -0.15) is 0 Å². The quantitative estimate of drug-likeness (QED) is 0.335. The number of benzene rings is 3. The zero-order valence-electron chi connectivity index (χ0n) is 17.6. The molecule has 3 rings (SSSR count). The summed E-state index contributed by atoms with van der Waals surface area (Å²) in [5.74, 6) is 2.88. The molecule has 0 fully saturated rings. The van der Waals surface area contributed by atoms with Crippen molar-refractivity contribution >= 4 is 34.2 Å². The molecule has 0 aliphatic rings. The zero-order chi connectivity index (χ0) is 22.2. The summed E-state index contributed by atoms with van der Waals surface area (Å²) in [6.07, 6.45) is 0. The number of rotatable bonds is 9. The van der Waals surface area contributed by atoms with Gasteiger partial charge in [-0.05, 0) is 85.0 Å². The summed E-state index contributed by atoms with van der Waals surface area (Å²) in [5.41, 5.74) is 1.14. The molecule has 0 saturated heterocycles. The maximum atomic E-state index is 12.8. The third-order valence-electron chi connectivity index (χ3n) is 4.27. The highest BCUT2D eigenvalue weighted by molar-refractivity contribution is 14.1. The SMILES string of the molecule is CCOc1cc(C(=O)Nc2ccc(Oc3ccccc3OC)cc2)cc(I)c1OCC. The molecular weight excluding hydrogens is 509 g/mol. The molecule has 0 bridgehead atoms. The number of anilines is 1. The number of hydrogen-bond donors (Lipinski definition) is 1. The maximum absolute atomic E-state index is 12.8. The van der Waals surface area contributed by atoms with E-state index in [1.165, 1.54) is 0 Å². The van der Waals surface area contributed by atoms with Gasteiger partial charge in [0, 0.05) is 11.3 Å². The predicted molar refractivity (Wildman–Crippen MR) is 129 cm³/mol. The van der Waals surface area contributed by atoms with E-state index in [-0.39, 0.29) is 5.91 Å². The number of halogens is 1. The first-order valence-electron chi connectivity index (χ1n) is 9.87. The van der Waals surface area contributed by atoms with E-state index < -0.39 is 0 Å².